The molecule has 0 amide bonds. The molecule has 0 aromatic heterocycles. The summed E-state index contributed by atoms with van der Waals surface area (Å²) in [5, 5.41) is 0. The lowest BCUT2D eigenvalue weighted by molar-refractivity contribution is -0.107. The summed E-state index contributed by atoms with van der Waals surface area (Å²) in [6.45, 7) is 1.36. The van der Waals surface area contributed by atoms with E-state index in [2.05, 4.69) is 0 Å². The summed E-state index contributed by atoms with van der Waals surface area (Å²) in [6, 6.07) is 0. The van der Waals surface area contributed by atoms with Gasteiger partial charge in [0.15, 0.2) is 0 Å². The molecule has 0 spiro atoms. The maximum atomic E-state index is 11.9. The standard InChI is InChI=1S/C6H10F3N/c1-4-5(10(2)3)6(7,8)9/h4H,1-3H3/b5-4-. The summed E-state index contributed by atoms with van der Waals surface area (Å²) < 4.78 is 35.6. The van der Waals surface area contributed by atoms with Gasteiger partial charge in [-0.25, -0.2) is 0 Å². The van der Waals surface area contributed by atoms with Crippen molar-refractivity contribution in [3.63, 3.8) is 0 Å². The zero-order chi connectivity index (χ0) is 8.36. The quantitative estimate of drug-likeness (QED) is 0.557. The SMILES string of the molecule is C/C=C(\N(C)C)C(F)(F)F. The number of hydrogen-bond acceptors (Lipinski definition) is 1. The molecule has 0 aliphatic carbocycles. The van der Waals surface area contributed by atoms with Crippen LogP contribution >= 0.6 is 0 Å². The van der Waals surface area contributed by atoms with Crippen molar-refractivity contribution < 1.29 is 13.2 Å². The van der Waals surface area contributed by atoms with Gasteiger partial charge in [-0.3, -0.25) is 0 Å². The maximum Gasteiger partial charge on any atom is 0.430 e. The van der Waals surface area contributed by atoms with Crippen LogP contribution in [0.3, 0.4) is 0 Å². The molecule has 0 fully saturated rings. The van der Waals surface area contributed by atoms with Crippen LogP contribution in [0.4, 0.5) is 13.2 Å². The van der Waals surface area contributed by atoms with Gasteiger partial charge in [0.05, 0.1) is 0 Å². The Hall–Kier alpha value is -0.670. The van der Waals surface area contributed by atoms with Gasteiger partial charge in [-0.15, -0.1) is 0 Å². The molecular weight excluding hydrogens is 143 g/mol. The van der Waals surface area contributed by atoms with Gasteiger partial charge in [0, 0.05) is 14.1 Å². The summed E-state index contributed by atoms with van der Waals surface area (Å²) in [6.07, 6.45) is -3.18. The smallest absolute Gasteiger partial charge is 0.374 e. The van der Waals surface area contributed by atoms with Crippen LogP contribution in [0.15, 0.2) is 11.8 Å². The molecule has 0 N–H and O–H groups in total. The number of allylic oxidation sites excluding steroid dienone is 2. The topological polar surface area (TPSA) is 3.24 Å². The van der Waals surface area contributed by atoms with Crippen molar-refractivity contribution in [3.05, 3.63) is 11.8 Å². The van der Waals surface area contributed by atoms with Crippen LogP contribution in [0.1, 0.15) is 6.92 Å². The largest absolute Gasteiger partial charge is 0.430 e. The molecule has 10 heavy (non-hydrogen) atoms. The van der Waals surface area contributed by atoms with E-state index < -0.39 is 11.9 Å². The first kappa shape index (κ1) is 9.33. The first-order chi connectivity index (χ1) is 4.39. The summed E-state index contributed by atoms with van der Waals surface area (Å²) in [5.41, 5.74) is -0.618. The van der Waals surface area contributed by atoms with Crippen LogP contribution in [-0.2, 0) is 0 Å². The second-order valence-corrected chi connectivity index (χ2v) is 2.07. The van der Waals surface area contributed by atoms with Crippen LogP contribution in [0.25, 0.3) is 0 Å². The van der Waals surface area contributed by atoms with Crippen LogP contribution in [-0.4, -0.2) is 25.2 Å². The molecule has 0 aliphatic heterocycles. The van der Waals surface area contributed by atoms with Gasteiger partial charge >= 0.3 is 6.18 Å². The number of halogens is 3. The lowest BCUT2D eigenvalue weighted by atomic mass is 10.4. The Labute approximate surface area is 58.1 Å². The Balaban J connectivity index is 4.40. The average molecular weight is 153 g/mol. The fourth-order valence-electron chi connectivity index (χ4n) is 0.675. The molecule has 4 heteroatoms. The van der Waals surface area contributed by atoms with Gasteiger partial charge in [-0.2, -0.15) is 13.2 Å². The lowest BCUT2D eigenvalue weighted by Crippen LogP contribution is -2.24. The van der Waals surface area contributed by atoms with Gasteiger partial charge in [0.1, 0.15) is 5.70 Å². The number of alkyl halides is 3. The highest BCUT2D eigenvalue weighted by molar-refractivity contribution is 5.04. The monoisotopic (exact) mass is 153 g/mol. The van der Waals surface area contributed by atoms with Gasteiger partial charge < -0.3 is 4.90 Å². The van der Waals surface area contributed by atoms with E-state index in [1.807, 2.05) is 0 Å². The van der Waals surface area contributed by atoms with Gasteiger partial charge in [0.25, 0.3) is 0 Å². The second kappa shape index (κ2) is 2.94. The Kier molecular flexibility index (Phi) is 2.75. The molecule has 0 rings (SSSR count). The van der Waals surface area contributed by atoms with Crippen molar-refractivity contribution in [3.8, 4) is 0 Å². The lowest BCUT2D eigenvalue weighted by Gasteiger charge is -2.18. The average Bonchev–Trinajstić information content (AvgIpc) is 1.60. The molecule has 0 atom stereocenters. The Morgan fingerprint density at radius 2 is 1.70 bits per heavy atom. The summed E-state index contributed by atoms with van der Waals surface area (Å²) in [5.74, 6) is 0. The molecule has 0 bridgehead atoms. The Morgan fingerprint density at radius 3 is 1.70 bits per heavy atom. The van der Waals surface area contributed by atoms with Crippen LogP contribution < -0.4 is 0 Å². The number of nitrogens with zero attached hydrogens (tertiary/aromatic N) is 1. The Bertz CT molecular complexity index is 134. The maximum absolute atomic E-state index is 11.9. The minimum absolute atomic E-state index is 0.618. The molecule has 0 saturated heterocycles. The first-order valence-corrected chi connectivity index (χ1v) is 2.80. The molecule has 0 aromatic carbocycles. The third-order valence-corrected chi connectivity index (χ3v) is 1.05. The minimum atomic E-state index is -4.22. The molecule has 0 radical (unpaired) electrons. The van der Waals surface area contributed by atoms with E-state index in [-0.39, 0.29) is 0 Å². The molecule has 60 valence electrons. The van der Waals surface area contributed by atoms with Gasteiger partial charge in [0.2, 0.25) is 0 Å². The fourth-order valence-corrected chi connectivity index (χ4v) is 0.675. The summed E-state index contributed by atoms with van der Waals surface area (Å²) in [4.78, 5) is 1.04. The molecule has 0 aliphatic rings. The van der Waals surface area contributed by atoms with Crippen molar-refractivity contribution in [2.75, 3.05) is 14.1 Å². The van der Waals surface area contributed by atoms with E-state index in [4.69, 9.17) is 0 Å². The van der Waals surface area contributed by atoms with E-state index in [0.717, 1.165) is 11.0 Å². The number of rotatable bonds is 1. The molecule has 0 heterocycles. The highest BCUT2D eigenvalue weighted by Crippen LogP contribution is 2.26. The highest BCUT2D eigenvalue weighted by Gasteiger charge is 2.34. The molecule has 0 saturated carbocycles. The summed E-state index contributed by atoms with van der Waals surface area (Å²) in [7, 11) is 2.73. The van der Waals surface area contributed by atoms with E-state index in [9.17, 15) is 13.2 Å². The van der Waals surface area contributed by atoms with Gasteiger partial charge in [-0.1, -0.05) is 6.08 Å². The molecule has 1 nitrogen and oxygen atoms in total. The zero-order valence-corrected chi connectivity index (χ0v) is 6.16. The predicted octanol–water partition coefficient (Wildman–Crippen LogP) is 2.01. The van der Waals surface area contributed by atoms with E-state index >= 15 is 0 Å². The third-order valence-electron chi connectivity index (χ3n) is 1.05. The first-order valence-electron chi connectivity index (χ1n) is 2.80. The van der Waals surface area contributed by atoms with Crippen molar-refractivity contribution in [1.82, 2.24) is 4.90 Å². The zero-order valence-electron chi connectivity index (χ0n) is 6.16. The highest BCUT2D eigenvalue weighted by atomic mass is 19.4. The second-order valence-electron chi connectivity index (χ2n) is 2.07. The van der Waals surface area contributed by atoms with E-state index in [1.54, 1.807) is 0 Å². The van der Waals surface area contributed by atoms with Crippen LogP contribution in [0, 0.1) is 0 Å². The minimum Gasteiger partial charge on any atom is -0.374 e. The van der Waals surface area contributed by atoms with Crippen molar-refractivity contribution >= 4 is 0 Å². The van der Waals surface area contributed by atoms with Crippen LogP contribution in [0.2, 0.25) is 0 Å². The summed E-state index contributed by atoms with van der Waals surface area (Å²) >= 11 is 0. The molecule has 0 aromatic rings. The van der Waals surface area contributed by atoms with E-state index in [1.165, 1.54) is 21.0 Å². The van der Waals surface area contributed by atoms with E-state index in [0.29, 0.717) is 0 Å². The molecular formula is C6H10F3N. The van der Waals surface area contributed by atoms with Gasteiger partial charge in [-0.05, 0) is 6.92 Å². The Morgan fingerprint density at radius 1 is 1.30 bits per heavy atom. The van der Waals surface area contributed by atoms with Crippen molar-refractivity contribution in [2.45, 2.75) is 13.1 Å². The fraction of sp³-hybridized carbons (Fsp3) is 0.667. The number of hydrogen-bond donors (Lipinski definition) is 0. The van der Waals surface area contributed by atoms with Crippen molar-refractivity contribution in [1.29, 1.82) is 0 Å². The normalized spacial score (nSPS) is 13.6. The molecule has 0 unspecified atom stereocenters. The third kappa shape index (κ3) is 2.29. The predicted molar refractivity (Wildman–Crippen MR) is 33.5 cm³/mol. The van der Waals surface area contributed by atoms with Crippen molar-refractivity contribution in [2.24, 2.45) is 0 Å². The van der Waals surface area contributed by atoms with Crippen LogP contribution in [0.5, 0.6) is 0 Å².